The summed E-state index contributed by atoms with van der Waals surface area (Å²) in [6, 6.07) is 3.42. The summed E-state index contributed by atoms with van der Waals surface area (Å²) in [7, 11) is 5.47. The largest absolute Gasteiger partial charge is 0.478 e. The average Bonchev–Trinajstić information content (AvgIpc) is 1.88. The smallest absolute Gasteiger partial charge is 0.212 e. The zero-order valence-corrected chi connectivity index (χ0v) is 5.87. The maximum atomic E-state index is 5.47. The number of pyridine rings is 1. The first-order valence-electron chi connectivity index (χ1n) is 3.17. The topological polar surface area (TPSA) is 22.1 Å². The van der Waals surface area contributed by atoms with E-state index in [9.17, 15) is 0 Å². The molecule has 50 valence electrons. The van der Waals surface area contributed by atoms with Crippen LogP contribution in [0.5, 0.6) is 5.88 Å². The van der Waals surface area contributed by atoms with Crippen LogP contribution < -0.4 is 10.2 Å². The summed E-state index contributed by atoms with van der Waals surface area (Å²) in [6.45, 7) is 2.53. The maximum Gasteiger partial charge on any atom is 0.212 e. The highest BCUT2D eigenvalue weighted by atomic mass is 16.5. The molecule has 1 aromatic heterocycles. The minimum absolute atomic E-state index is 0.586. The fourth-order valence-electron chi connectivity index (χ4n) is 0.652. The second kappa shape index (κ2) is 3.25. The summed E-state index contributed by atoms with van der Waals surface area (Å²) >= 11 is 0. The van der Waals surface area contributed by atoms with Gasteiger partial charge in [0, 0.05) is 6.20 Å². The molecule has 0 bridgehead atoms. The molecule has 0 amide bonds. The Balaban J connectivity index is 2.75. The molecule has 0 aliphatic carbocycles. The quantitative estimate of drug-likeness (QED) is 0.540. The minimum atomic E-state index is 0.586. The fraction of sp³-hybridized carbons (Fsp3) is 0.286. The van der Waals surface area contributed by atoms with Gasteiger partial charge in [-0.15, -0.1) is 0 Å². The number of aromatic nitrogens is 1. The normalized spacial score (nSPS) is 9.30. The number of hydrogen-bond acceptors (Lipinski definition) is 2. The SMILES string of the molecule is [B]c1ccnc(OCC)c1. The van der Waals surface area contributed by atoms with Gasteiger partial charge in [0.25, 0.3) is 0 Å². The predicted molar refractivity (Wildman–Crippen MR) is 40.8 cm³/mol. The van der Waals surface area contributed by atoms with Crippen molar-refractivity contribution in [2.75, 3.05) is 6.61 Å². The lowest BCUT2D eigenvalue weighted by molar-refractivity contribution is 0.327. The van der Waals surface area contributed by atoms with Crippen molar-refractivity contribution < 1.29 is 4.74 Å². The van der Waals surface area contributed by atoms with E-state index in [1.165, 1.54) is 0 Å². The van der Waals surface area contributed by atoms with Gasteiger partial charge in [0.15, 0.2) is 0 Å². The van der Waals surface area contributed by atoms with E-state index in [1.54, 1.807) is 18.3 Å². The predicted octanol–water partition coefficient (Wildman–Crippen LogP) is 0.274. The van der Waals surface area contributed by atoms with E-state index in [0.29, 0.717) is 17.9 Å². The van der Waals surface area contributed by atoms with Gasteiger partial charge in [-0.1, -0.05) is 11.5 Å². The lowest BCUT2D eigenvalue weighted by atomic mass is 9.98. The second-order valence-corrected chi connectivity index (χ2v) is 1.86. The van der Waals surface area contributed by atoms with Gasteiger partial charge >= 0.3 is 0 Å². The van der Waals surface area contributed by atoms with E-state index in [4.69, 9.17) is 12.6 Å². The molecule has 0 N–H and O–H groups in total. The fourth-order valence-corrected chi connectivity index (χ4v) is 0.652. The van der Waals surface area contributed by atoms with Crippen LogP contribution in [0.15, 0.2) is 18.3 Å². The van der Waals surface area contributed by atoms with E-state index in [1.807, 2.05) is 6.92 Å². The average molecular weight is 133 g/mol. The van der Waals surface area contributed by atoms with Gasteiger partial charge in [0.2, 0.25) is 5.88 Å². The summed E-state index contributed by atoms with van der Waals surface area (Å²) in [5.41, 5.74) is 0.679. The van der Waals surface area contributed by atoms with Crippen molar-refractivity contribution in [1.29, 1.82) is 0 Å². The highest BCUT2D eigenvalue weighted by Gasteiger charge is 1.90. The molecule has 0 saturated carbocycles. The zero-order chi connectivity index (χ0) is 7.40. The van der Waals surface area contributed by atoms with Gasteiger partial charge in [-0.2, -0.15) is 0 Å². The van der Waals surface area contributed by atoms with Gasteiger partial charge in [-0.05, 0) is 13.0 Å². The Hall–Kier alpha value is -0.985. The molecule has 1 heterocycles. The Labute approximate surface area is 61.6 Å². The van der Waals surface area contributed by atoms with Gasteiger partial charge < -0.3 is 4.74 Å². The van der Waals surface area contributed by atoms with Crippen LogP contribution in [0.4, 0.5) is 0 Å². The standard InChI is InChI=1S/C7H8BNO/c1-2-10-7-5-6(8)3-4-9-7/h3-5H,2H2,1H3. The molecule has 2 nitrogen and oxygen atoms in total. The summed E-state index contributed by atoms with van der Waals surface area (Å²) in [5.74, 6) is 0.586. The Kier molecular flexibility index (Phi) is 2.32. The lowest BCUT2D eigenvalue weighted by Crippen LogP contribution is -2.04. The first kappa shape index (κ1) is 7.13. The summed E-state index contributed by atoms with van der Waals surface area (Å²) < 4.78 is 5.10. The van der Waals surface area contributed by atoms with Crippen LogP contribution in [-0.4, -0.2) is 19.4 Å². The van der Waals surface area contributed by atoms with Crippen molar-refractivity contribution in [3.8, 4) is 5.88 Å². The molecule has 2 radical (unpaired) electrons. The summed E-state index contributed by atoms with van der Waals surface area (Å²) in [5, 5.41) is 0. The third-order valence-electron chi connectivity index (χ3n) is 1.05. The minimum Gasteiger partial charge on any atom is -0.478 e. The summed E-state index contributed by atoms with van der Waals surface area (Å²) in [6.07, 6.45) is 1.63. The molecule has 1 rings (SSSR count). The molecular formula is C7H8BNO. The first-order valence-corrected chi connectivity index (χ1v) is 3.17. The Morgan fingerprint density at radius 2 is 2.50 bits per heavy atom. The van der Waals surface area contributed by atoms with E-state index in [-0.39, 0.29) is 0 Å². The Bertz CT molecular complexity index is 215. The van der Waals surface area contributed by atoms with E-state index in [0.717, 1.165) is 0 Å². The molecule has 0 aromatic carbocycles. The molecule has 10 heavy (non-hydrogen) atoms. The first-order chi connectivity index (χ1) is 4.83. The highest BCUT2D eigenvalue weighted by molar-refractivity contribution is 6.32. The number of hydrogen-bond donors (Lipinski definition) is 0. The lowest BCUT2D eigenvalue weighted by Gasteiger charge is -2.00. The molecule has 0 aliphatic rings. The van der Waals surface area contributed by atoms with Crippen LogP contribution in [0.1, 0.15) is 6.92 Å². The summed E-state index contributed by atoms with van der Waals surface area (Å²) in [4.78, 5) is 3.93. The van der Waals surface area contributed by atoms with E-state index < -0.39 is 0 Å². The third-order valence-corrected chi connectivity index (χ3v) is 1.05. The molecule has 3 heteroatoms. The molecule has 0 aliphatic heterocycles. The second-order valence-electron chi connectivity index (χ2n) is 1.86. The maximum absolute atomic E-state index is 5.47. The van der Waals surface area contributed by atoms with Crippen molar-refractivity contribution in [2.45, 2.75) is 6.92 Å². The van der Waals surface area contributed by atoms with Crippen LogP contribution in [0.2, 0.25) is 0 Å². The molecule has 0 fully saturated rings. The zero-order valence-electron chi connectivity index (χ0n) is 5.87. The molecule has 0 atom stereocenters. The van der Waals surface area contributed by atoms with Crippen molar-refractivity contribution in [3.05, 3.63) is 18.3 Å². The molecule has 1 aromatic rings. The van der Waals surface area contributed by atoms with Crippen LogP contribution in [0.3, 0.4) is 0 Å². The van der Waals surface area contributed by atoms with Crippen LogP contribution in [0.25, 0.3) is 0 Å². The van der Waals surface area contributed by atoms with Gasteiger partial charge in [0.1, 0.15) is 7.85 Å². The number of rotatable bonds is 2. The van der Waals surface area contributed by atoms with Gasteiger partial charge in [0.05, 0.1) is 6.61 Å². The molecule has 0 unspecified atom stereocenters. The molecule has 0 spiro atoms. The monoisotopic (exact) mass is 133 g/mol. The Morgan fingerprint density at radius 1 is 1.70 bits per heavy atom. The number of ether oxygens (including phenoxy) is 1. The van der Waals surface area contributed by atoms with Crippen LogP contribution in [-0.2, 0) is 0 Å². The van der Waals surface area contributed by atoms with Crippen LogP contribution in [0, 0.1) is 0 Å². The van der Waals surface area contributed by atoms with Gasteiger partial charge in [-0.3, -0.25) is 0 Å². The van der Waals surface area contributed by atoms with Crippen molar-refractivity contribution in [3.63, 3.8) is 0 Å². The van der Waals surface area contributed by atoms with Crippen molar-refractivity contribution in [2.24, 2.45) is 0 Å². The molecular weight excluding hydrogens is 125 g/mol. The highest BCUT2D eigenvalue weighted by Crippen LogP contribution is 1.99. The Morgan fingerprint density at radius 3 is 3.10 bits per heavy atom. The third kappa shape index (κ3) is 1.76. The number of nitrogens with zero attached hydrogens (tertiary/aromatic N) is 1. The van der Waals surface area contributed by atoms with E-state index >= 15 is 0 Å². The molecule has 0 saturated heterocycles. The van der Waals surface area contributed by atoms with Crippen molar-refractivity contribution >= 4 is 13.3 Å². The van der Waals surface area contributed by atoms with Crippen LogP contribution >= 0.6 is 0 Å². The van der Waals surface area contributed by atoms with E-state index in [2.05, 4.69) is 4.98 Å². The van der Waals surface area contributed by atoms with Crippen molar-refractivity contribution in [1.82, 2.24) is 4.98 Å². The van der Waals surface area contributed by atoms with Gasteiger partial charge in [-0.25, -0.2) is 4.98 Å².